The lowest BCUT2D eigenvalue weighted by molar-refractivity contribution is -0.160. The van der Waals surface area contributed by atoms with E-state index in [4.69, 9.17) is 9.47 Å². The van der Waals surface area contributed by atoms with Crippen LogP contribution in [0.15, 0.2) is 55.6 Å². The first-order valence-electron chi connectivity index (χ1n) is 13.2. The average Bonchev–Trinajstić information content (AvgIpc) is 3.45. The van der Waals surface area contributed by atoms with Crippen LogP contribution in [0, 0.1) is 11.8 Å². The number of likely N-dealkylation sites (tertiary alicyclic amines) is 1. The van der Waals surface area contributed by atoms with Gasteiger partial charge in [0, 0.05) is 19.6 Å². The summed E-state index contributed by atoms with van der Waals surface area (Å²) in [5, 5.41) is 9.79. The summed E-state index contributed by atoms with van der Waals surface area (Å²) >= 11 is 0. The van der Waals surface area contributed by atoms with Crippen molar-refractivity contribution in [3.63, 3.8) is 0 Å². The highest BCUT2D eigenvalue weighted by Crippen LogP contribution is 2.63. The van der Waals surface area contributed by atoms with Crippen molar-refractivity contribution >= 4 is 17.8 Å². The van der Waals surface area contributed by atoms with Crippen molar-refractivity contribution in [1.82, 2.24) is 9.80 Å². The van der Waals surface area contributed by atoms with Gasteiger partial charge in [0.05, 0.1) is 24.7 Å². The summed E-state index contributed by atoms with van der Waals surface area (Å²) in [6, 6.07) is 8.68. The summed E-state index contributed by atoms with van der Waals surface area (Å²) in [6.07, 6.45) is 6.93. The lowest BCUT2D eigenvalue weighted by Crippen LogP contribution is -2.56. The Morgan fingerprint density at radius 2 is 1.97 bits per heavy atom. The summed E-state index contributed by atoms with van der Waals surface area (Å²) in [7, 11) is 0. The number of allylic oxidation sites excluding steroid dienone is 1. The lowest BCUT2D eigenvalue weighted by atomic mass is 9.66. The van der Waals surface area contributed by atoms with E-state index < -0.39 is 35.0 Å². The maximum absolute atomic E-state index is 14.1. The van der Waals surface area contributed by atoms with Crippen LogP contribution in [0.1, 0.15) is 44.6 Å². The van der Waals surface area contributed by atoms with Gasteiger partial charge in [-0.1, -0.05) is 42.5 Å². The molecule has 3 aliphatic rings. The zero-order valence-electron chi connectivity index (χ0n) is 21.6. The molecule has 8 heteroatoms. The lowest BCUT2D eigenvalue weighted by Gasteiger charge is -2.36. The number of carbonyl (C=O) groups is 3. The summed E-state index contributed by atoms with van der Waals surface area (Å²) in [5.74, 6) is -2.67. The Morgan fingerprint density at radius 3 is 2.65 bits per heavy atom. The number of ether oxygens (including phenoxy) is 2. The summed E-state index contributed by atoms with van der Waals surface area (Å²) < 4.78 is 12.2. The second kappa shape index (κ2) is 11.2. The van der Waals surface area contributed by atoms with Gasteiger partial charge in [0.15, 0.2) is 0 Å². The SMILES string of the molecule is C=CCCCCOC(=O)[C@@H]1[C@H]2C(=O)N(CCO)C(C(=O)N(CC=C)Cc3ccccc3)C23CC[C@@]1(C)O3. The van der Waals surface area contributed by atoms with E-state index in [1.165, 1.54) is 4.90 Å². The molecule has 3 aliphatic heterocycles. The largest absolute Gasteiger partial charge is 0.465 e. The molecule has 2 unspecified atom stereocenters. The van der Waals surface area contributed by atoms with E-state index in [-0.39, 0.29) is 31.6 Å². The van der Waals surface area contributed by atoms with Crippen LogP contribution >= 0.6 is 0 Å². The van der Waals surface area contributed by atoms with E-state index >= 15 is 0 Å². The van der Waals surface area contributed by atoms with E-state index in [1.54, 1.807) is 11.0 Å². The second-order valence-corrected chi connectivity index (χ2v) is 10.4. The summed E-state index contributed by atoms with van der Waals surface area (Å²) in [4.78, 5) is 44.4. The van der Waals surface area contributed by atoms with Crippen LogP contribution < -0.4 is 0 Å². The fourth-order valence-corrected chi connectivity index (χ4v) is 6.43. The van der Waals surface area contributed by atoms with Gasteiger partial charge < -0.3 is 24.4 Å². The van der Waals surface area contributed by atoms with Crippen molar-refractivity contribution in [3.8, 4) is 0 Å². The minimum Gasteiger partial charge on any atom is -0.465 e. The highest BCUT2D eigenvalue weighted by Gasteiger charge is 2.78. The Kier molecular flexibility index (Phi) is 8.19. The highest BCUT2D eigenvalue weighted by atomic mass is 16.6. The molecule has 0 aromatic heterocycles. The van der Waals surface area contributed by atoms with Crippen molar-refractivity contribution in [2.45, 2.75) is 62.8 Å². The Bertz CT molecular complexity index is 1030. The first-order valence-corrected chi connectivity index (χ1v) is 13.2. The number of hydrogen-bond acceptors (Lipinski definition) is 6. The van der Waals surface area contributed by atoms with E-state index in [0.717, 1.165) is 18.4 Å². The van der Waals surface area contributed by atoms with Crippen LogP contribution in [-0.4, -0.2) is 76.2 Å². The Labute approximate surface area is 218 Å². The van der Waals surface area contributed by atoms with Crippen LogP contribution in [0.2, 0.25) is 0 Å². The maximum Gasteiger partial charge on any atom is 0.312 e. The fraction of sp³-hybridized carbons (Fsp3) is 0.552. The third-order valence-electron chi connectivity index (χ3n) is 8.03. The standard InChI is InChI=1S/C29H38N2O6/c1-4-6-7-11-19-36-27(35)23-22-25(33)31(17-18-32)24(29(22)15-14-28(23,3)37-29)26(34)30(16-5-2)20-21-12-9-8-10-13-21/h4-5,8-10,12-13,22-24,32H,1-2,6-7,11,14-20H2,3H3/t22-,23-,24?,28+,29?/m0/s1. The summed E-state index contributed by atoms with van der Waals surface area (Å²) in [5.41, 5.74) is -1.07. The minimum atomic E-state index is -1.14. The van der Waals surface area contributed by atoms with Gasteiger partial charge in [-0.05, 0) is 44.6 Å². The molecule has 1 spiro atoms. The van der Waals surface area contributed by atoms with Crippen LogP contribution in [0.3, 0.4) is 0 Å². The van der Waals surface area contributed by atoms with Crippen LogP contribution in [0.25, 0.3) is 0 Å². The monoisotopic (exact) mass is 510 g/mol. The van der Waals surface area contributed by atoms with Gasteiger partial charge in [-0.2, -0.15) is 0 Å². The number of hydrogen-bond donors (Lipinski definition) is 1. The van der Waals surface area contributed by atoms with Gasteiger partial charge in [0.25, 0.3) is 0 Å². The molecule has 200 valence electrons. The molecule has 37 heavy (non-hydrogen) atoms. The molecule has 0 saturated carbocycles. The number of esters is 1. The smallest absolute Gasteiger partial charge is 0.312 e. The molecule has 8 nitrogen and oxygen atoms in total. The molecule has 0 radical (unpaired) electrons. The number of rotatable bonds is 13. The van der Waals surface area contributed by atoms with Crippen molar-refractivity contribution < 1.29 is 29.0 Å². The highest BCUT2D eigenvalue weighted by molar-refractivity contribution is 5.98. The molecule has 1 aromatic rings. The van der Waals surface area contributed by atoms with Crippen LogP contribution in [0.4, 0.5) is 0 Å². The second-order valence-electron chi connectivity index (χ2n) is 10.4. The third-order valence-corrected chi connectivity index (χ3v) is 8.03. The van der Waals surface area contributed by atoms with Crippen LogP contribution in [0.5, 0.6) is 0 Å². The van der Waals surface area contributed by atoms with E-state index in [1.807, 2.05) is 43.3 Å². The number of nitrogens with zero attached hydrogens (tertiary/aromatic N) is 2. The van der Waals surface area contributed by atoms with Crippen molar-refractivity contribution in [2.24, 2.45) is 11.8 Å². The van der Waals surface area contributed by atoms with E-state index in [2.05, 4.69) is 13.2 Å². The Balaban J connectivity index is 1.63. The quantitative estimate of drug-likeness (QED) is 0.249. The molecule has 1 N–H and O–H groups in total. The van der Waals surface area contributed by atoms with Crippen molar-refractivity contribution in [2.75, 3.05) is 26.3 Å². The molecule has 2 amide bonds. The predicted molar refractivity (Wildman–Crippen MR) is 138 cm³/mol. The molecule has 1 aromatic carbocycles. The number of carbonyl (C=O) groups excluding carboxylic acids is 3. The fourth-order valence-electron chi connectivity index (χ4n) is 6.43. The molecule has 0 aliphatic carbocycles. The van der Waals surface area contributed by atoms with Gasteiger partial charge in [-0.25, -0.2) is 0 Å². The van der Waals surface area contributed by atoms with Gasteiger partial charge in [-0.15, -0.1) is 13.2 Å². The molecule has 2 bridgehead atoms. The third kappa shape index (κ3) is 4.84. The first kappa shape index (κ1) is 27.1. The Morgan fingerprint density at radius 1 is 1.22 bits per heavy atom. The first-order chi connectivity index (χ1) is 17.8. The molecule has 4 rings (SSSR count). The predicted octanol–water partition coefficient (Wildman–Crippen LogP) is 2.86. The normalized spacial score (nSPS) is 29.7. The number of aliphatic hydroxyl groups is 1. The molecule has 3 heterocycles. The van der Waals surface area contributed by atoms with Gasteiger partial charge in [-0.3, -0.25) is 14.4 Å². The number of benzene rings is 1. The zero-order valence-corrected chi connectivity index (χ0v) is 21.6. The maximum atomic E-state index is 14.1. The molecule has 3 saturated heterocycles. The number of unbranched alkanes of at least 4 members (excludes halogenated alkanes) is 2. The zero-order chi connectivity index (χ0) is 26.6. The minimum absolute atomic E-state index is 0.00977. The molecule has 5 atom stereocenters. The number of aliphatic hydroxyl groups excluding tert-OH is 1. The molecule has 3 fully saturated rings. The topological polar surface area (TPSA) is 96.4 Å². The van der Waals surface area contributed by atoms with Gasteiger partial charge in [0.1, 0.15) is 17.6 Å². The van der Waals surface area contributed by atoms with Crippen molar-refractivity contribution in [1.29, 1.82) is 0 Å². The molecular formula is C29H38N2O6. The van der Waals surface area contributed by atoms with Gasteiger partial charge >= 0.3 is 5.97 Å². The molecular weight excluding hydrogens is 472 g/mol. The van der Waals surface area contributed by atoms with Crippen molar-refractivity contribution in [3.05, 3.63) is 61.2 Å². The Hall–Kier alpha value is -2.97. The van der Waals surface area contributed by atoms with Crippen LogP contribution in [-0.2, 0) is 30.4 Å². The van der Waals surface area contributed by atoms with Gasteiger partial charge in [0.2, 0.25) is 11.8 Å². The number of amides is 2. The van der Waals surface area contributed by atoms with E-state index in [9.17, 15) is 19.5 Å². The number of fused-ring (bicyclic) bond motifs is 1. The average molecular weight is 511 g/mol. The summed E-state index contributed by atoms with van der Waals surface area (Å²) in [6.45, 7) is 9.96. The number of β-amino-alcohol motifs (C(OH)–C–C–N with tert-alkyl or cyclic N) is 1. The van der Waals surface area contributed by atoms with E-state index in [0.29, 0.717) is 32.4 Å².